The van der Waals surface area contributed by atoms with Crippen LogP contribution in [0, 0.1) is 0 Å². The van der Waals surface area contributed by atoms with Gasteiger partial charge in [0.25, 0.3) is 0 Å². The van der Waals surface area contributed by atoms with Crippen LogP contribution in [0.15, 0.2) is 0 Å². The molecule has 0 rings (SSSR count). The van der Waals surface area contributed by atoms with E-state index in [9.17, 15) is 4.79 Å². The summed E-state index contributed by atoms with van der Waals surface area (Å²) < 4.78 is 0. The van der Waals surface area contributed by atoms with E-state index in [1.54, 1.807) is 0 Å². The highest BCUT2D eigenvalue weighted by Gasteiger charge is 2.00. The molecule has 0 saturated carbocycles. The molecule has 2 nitrogen and oxygen atoms in total. The summed E-state index contributed by atoms with van der Waals surface area (Å²) in [6, 6.07) is 0. The minimum atomic E-state index is 0.242. The van der Waals surface area contributed by atoms with Crippen molar-refractivity contribution in [3.63, 3.8) is 0 Å². The summed E-state index contributed by atoms with van der Waals surface area (Å²) in [5.41, 5.74) is 0. The number of rotatable bonds is 13. The fraction of sp³-hybridized carbons (Fsp3) is 0.933. The van der Waals surface area contributed by atoms with Crippen molar-refractivity contribution in [1.82, 2.24) is 5.32 Å². The molecular formula is C15H30BrNO. The van der Waals surface area contributed by atoms with Gasteiger partial charge < -0.3 is 5.32 Å². The second-order valence-corrected chi connectivity index (χ2v) is 5.76. The van der Waals surface area contributed by atoms with Crippen LogP contribution < -0.4 is 5.32 Å². The van der Waals surface area contributed by atoms with Gasteiger partial charge in [-0.25, -0.2) is 0 Å². The van der Waals surface area contributed by atoms with Gasteiger partial charge in [-0.05, 0) is 19.3 Å². The van der Waals surface area contributed by atoms with Crippen molar-refractivity contribution < 1.29 is 4.79 Å². The summed E-state index contributed by atoms with van der Waals surface area (Å²) in [5, 5.41) is 4.12. The molecule has 3 heteroatoms. The first-order valence-electron chi connectivity index (χ1n) is 7.64. The summed E-state index contributed by atoms with van der Waals surface area (Å²) in [6.07, 6.45) is 13.0. The first-order valence-corrected chi connectivity index (χ1v) is 8.76. The average molecular weight is 320 g/mol. The molecule has 0 fully saturated rings. The van der Waals surface area contributed by atoms with Crippen molar-refractivity contribution >= 4 is 21.8 Å². The van der Waals surface area contributed by atoms with Crippen LogP contribution in [-0.2, 0) is 4.79 Å². The quantitative estimate of drug-likeness (QED) is 0.383. The van der Waals surface area contributed by atoms with E-state index < -0.39 is 0 Å². The predicted octanol–water partition coefficient (Wildman–Crippen LogP) is 4.81. The van der Waals surface area contributed by atoms with Crippen LogP contribution in [0.4, 0.5) is 0 Å². The second kappa shape index (κ2) is 15.0. The number of hydrogen-bond acceptors (Lipinski definition) is 1. The highest BCUT2D eigenvalue weighted by Crippen LogP contribution is 2.06. The Bertz CT molecular complexity index is 167. The monoisotopic (exact) mass is 319 g/mol. The van der Waals surface area contributed by atoms with Crippen molar-refractivity contribution in [2.24, 2.45) is 0 Å². The van der Waals surface area contributed by atoms with E-state index in [4.69, 9.17) is 0 Å². The molecule has 0 atom stereocenters. The van der Waals surface area contributed by atoms with E-state index >= 15 is 0 Å². The maximum Gasteiger partial charge on any atom is 0.219 e. The van der Waals surface area contributed by atoms with Crippen LogP contribution in [-0.4, -0.2) is 17.8 Å². The summed E-state index contributed by atoms with van der Waals surface area (Å²) in [5.74, 6) is 0.242. The smallest absolute Gasteiger partial charge is 0.219 e. The molecule has 0 spiro atoms. The van der Waals surface area contributed by atoms with Crippen LogP contribution in [0.5, 0.6) is 0 Å². The standard InChI is InChI=1S/C15H30BrNO/c1-2-3-4-8-11-14-17-15(18)12-9-6-5-7-10-13-16/h2-14H2,1H3,(H,17,18). The molecule has 0 aliphatic carbocycles. The first-order chi connectivity index (χ1) is 8.81. The van der Waals surface area contributed by atoms with Gasteiger partial charge in [0.05, 0.1) is 0 Å². The number of carbonyl (C=O) groups excluding carboxylic acids is 1. The van der Waals surface area contributed by atoms with Crippen LogP contribution in [0.2, 0.25) is 0 Å². The third-order valence-electron chi connectivity index (χ3n) is 3.14. The minimum Gasteiger partial charge on any atom is -0.356 e. The minimum absolute atomic E-state index is 0.242. The van der Waals surface area contributed by atoms with Crippen molar-refractivity contribution in [2.45, 2.75) is 77.6 Å². The SMILES string of the molecule is CCCCCCCNC(=O)CCCCCCCBr. The fourth-order valence-corrected chi connectivity index (χ4v) is 2.35. The van der Waals surface area contributed by atoms with Gasteiger partial charge in [-0.3, -0.25) is 4.79 Å². The summed E-state index contributed by atoms with van der Waals surface area (Å²) in [6.45, 7) is 3.09. The highest BCUT2D eigenvalue weighted by atomic mass is 79.9. The van der Waals surface area contributed by atoms with Crippen molar-refractivity contribution in [3.8, 4) is 0 Å². The molecule has 0 radical (unpaired) electrons. The third-order valence-corrected chi connectivity index (χ3v) is 3.70. The van der Waals surface area contributed by atoms with Gasteiger partial charge in [-0.1, -0.05) is 67.8 Å². The molecule has 0 saturated heterocycles. The van der Waals surface area contributed by atoms with Gasteiger partial charge in [-0.2, -0.15) is 0 Å². The zero-order chi connectivity index (χ0) is 13.5. The molecule has 0 aromatic carbocycles. The Morgan fingerprint density at radius 2 is 1.50 bits per heavy atom. The molecule has 108 valence electrons. The van der Waals surface area contributed by atoms with E-state index in [-0.39, 0.29) is 5.91 Å². The first kappa shape index (κ1) is 17.9. The number of carbonyl (C=O) groups is 1. The van der Waals surface area contributed by atoms with Crippen molar-refractivity contribution in [1.29, 1.82) is 0 Å². The molecule has 18 heavy (non-hydrogen) atoms. The maximum absolute atomic E-state index is 11.5. The summed E-state index contributed by atoms with van der Waals surface area (Å²) >= 11 is 3.43. The Morgan fingerprint density at radius 1 is 0.889 bits per heavy atom. The lowest BCUT2D eigenvalue weighted by molar-refractivity contribution is -0.121. The topological polar surface area (TPSA) is 29.1 Å². The number of alkyl halides is 1. The molecule has 0 aromatic heterocycles. The molecule has 0 aromatic rings. The predicted molar refractivity (Wildman–Crippen MR) is 83.3 cm³/mol. The summed E-state index contributed by atoms with van der Waals surface area (Å²) in [7, 11) is 0. The Balaban J connectivity index is 3.12. The van der Waals surface area contributed by atoms with E-state index in [1.807, 2.05) is 0 Å². The highest BCUT2D eigenvalue weighted by molar-refractivity contribution is 9.09. The largest absolute Gasteiger partial charge is 0.356 e. The lowest BCUT2D eigenvalue weighted by Gasteiger charge is -2.05. The maximum atomic E-state index is 11.5. The van der Waals surface area contributed by atoms with Crippen LogP contribution in [0.25, 0.3) is 0 Å². The van der Waals surface area contributed by atoms with Gasteiger partial charge in [0.15, 0.2) is 0 Å². The molecule has 1 N–H and O–H groups in total. The zero-order valence-corrected chi connectivity index (χ0v) is 13.6. The average Bonchev–Trinajstić information content (AvgIpc) is 2.38. The lowest BCUT2D eigenvalue weighted by atomic mass is 10.1. The van der Waals surface area contributed by atoms with E-state index in [1.165, 1.54) is 51.4 Å². The van der Waals surface area contributed by atoms with Gasteiger partial charge in [0.2, 0.25) is 5.91 Å². The second-order valence-electron chi connectivity index (χ2n) is 4.97. The number of amides is 1. The lowest BCUT2D eigenvalue weighted by Crippen LogP contribution is -2.23. The van der Waals surface area contributed by atoms with E-state index in [0.29, 0.717) is 6.42 Å². The van der Waals surface area contributed by atoms with Gasteiger partial charge in [0.1, 0.15) is 0 Å². The normalized spacial score (nSPS) is 10.6. The molecule has 0 aliphatic rings. The Hall–Kier alpha value is -0.0500. The van der Waals surface area contributed by atoms with Crippen molar-refractivity contribution in [2.75, 3.05) is 11.9 Å². The number of hydrogen-bond donors (Lipinski definition) is 1. The number of unbranched alkanes of at least 4 members (excludes halogenated alkanes) is 8. The van der Waals surface area contributed by atoms with E-state index in [0.717, 1.165) is 24.7 Å². The third kappa shape index (κ3) is 14.0. The van der Waals surface area contributed by atoms with Crippen LogP contribution in [0.3, 0.4) is 0 Å². The number of nitrogens with one attached hydrogen (secondary N) is 1. The van der Waals surface area contributed by atoms with Gasteiger partial charge in [0, 0.05) is 18.3 Å². The van der Waals surface area contributed by atoms with Gasteiger partial charge in [-0.15, -0.1) is 0 Å². The Labute approximate surface area is 121 Å². The molecular weight excluding hydrogens is 290 g/mol. The molecule has 0 heterocycles. The van der Waals surface area contributed by atoms with Gasteiger partial charge >= 0.3 is 0 Å². The van der Waals surface area contributed by atoms with E-state index in [2.05, 4.69) is 28.2 Å². The molecule has 0 bridgehead atoms. The van der Waals surface area contributed by atoms with Crippen LogP contribution >= 0.6 is 15.9 Å². The van der Waals surface area contributed by atoms with Crippen LogP contribution in [0.1, 0.15) is 77.6 Å². The summed E-state index contributed by atoms with van der Waals surface area (Å²) in [4.78, 5) is 11.5. The zero-order valence-electron chi connectivity index (χ0n) is 12.0. The molecule has 1 amide bonds. The fourth-order valence-electron chi connectivity index (χ4n) is 1.96. The molecule has 0 aliphatic heterocycles. The van der Waals surface area contributed by atoms with Crippen molar-refractivity contribution in [3.05, 3.63) is 0 Å². The Morgan fingerprint density at radius 3 is 2.22 bits per heavy atom. The molecule has 0 unspecified atom stereocenters. The Kier molecular flexibility index (Phi) is 15.0. The number of halogens is 1.